The molecule has 1 aromatic heterocycles. The molecule has 0 atom stereocenters. The van der Waals surface area contributed by atoms with E-state index in [4.69, 9.17) is 11.6 Å². The van der Waals surface area contributed by atoms with Gasteiger partial charge in [0.2, 0.25) is 9.47 Å². The SMILES string of the molecule is O=C(Nc1cccc2c1N=S=N2)c1nnc(Cl)s1. The van der Waals surface area contributed by atoms with Gasteiger partial charge < -0.3 is 5.32 Å². The number of nitrogens with one attached hydrogen (secondary N) is 1. The van der Waals surface area contributed by atoms with Crippen LogP contribution in [0.4, 0.5) is 17.1 Å². The molecule has 6 nitrogen and oxygen atoms in total. The maximum atomic E-state index is 11.9. The van der Waals surface area contributed by atoms with Crippen molar-refractivity contribution in [3.63, 3.8) is 0 Å². The fourth-order valence-corrected chi connectivity index (χ4v) is 2.65. The highest BCUT2D eigenvalue weighted by Gasteiger charge is 2.16. The molecule has 0 unspecified atom stereocenters. The molecule has 1 aliphatic heterocycles. The standard InChI is InChI=1S/C9H4ClN5OS2/c10-9-13-12-8(17-9)7(16)11-4-2-1-3-5-6(4)15-18-14-5/h1-3H,(H,11,16). The molecule has 18 heavy (non-hydrogen) atoms. The molecule has 0 saturated carbocycles. The van der Waals surface area contributed by atoms with Crippen LogP contribution >= 0.6 is 22.9 Å². The van der Waals surface area contributed by atoms with Crippen molar-refractivity contribution in [2.75, 3.05) is 5.32 Å². The smallest absolute Gasteiger partial charge is 0.286 e. The van der Waals surface area contributed by atoms with Crippen LogP contribution in [0.5, 0.6) is 0 Å². The molecule has 3 rings (SSSR count). The Kier molecular flexibility index (Phi) is 2.90. The molecule has 0 spiro atoms. The maximum Gasteiger partial charge on any atom is 0.286 e. The number of halogens is 1. The molecule has 0 aliphatic carbocycles. The van der Waals surface area contributed by atoms with E-state index in [1.54, 1.807) is 12.1 Å². The van der Waals surface area contributed by atoms with Crippen LogP contribution in [-0.2, 0) is 11.4 Å². The first-order valence-corrected chi connectivity index (χ1v) is 6.68. The molecule has 90 valence electrons. The molecule has 2 aromatic rings. The second-order valence-electron chi connectivity index (χ2n) is 3.25. The minimum absolute atomic E-state index is 0.209. The normalized spacial score (nSPS) is 12.1. The quantitative estimate of drug-likeness (QED) is 0.789. The zero-order chi connectivity index (χ0) is 12.5. The second-order valence-corrected chi connectivity index (χ2v) is 5.34. The van der Waals surface area contributed by atoms with Crippen LogP contribution in [0.1, 0.15) is 9.80 Å². The Morgan fingerprint density at radius 3 is 2.94 bits per heavy atom. The van der Waals surface area contributed by atoms with Crippen molar-refractivity contribution < 1.29 is 4.79 Å². The van der Waals surface area contributed by atoms with E-state index >= 15 is 0 Å². The average Bonchev–Trinajstić information content (AvgIpc) is 2.97. The van der Waals surface area contributed by atoms with E-state index in [-0.39, 0.29) is 15.4 Å². The van der Waals surface area contributed by atoms with Gasteiger partial charge >= 0.3 is 0 Å². The molecule has 1 aromatic carbocycles. The summed E-state index contributed by atoms with van der Waals surface area (Å²) in [4.78, 5) is 11.9. The number of hydrogen-bond acceptors (Lipinski definition) is 6. The predicted molar refractivity (Wildman–Crippen MR) is 70.9 cm³/mol. The lowest BCUT2D eigenvalue weighted by molar-refractivity contribution is 0.102. The van der Waals surface area contributed by atoms with Crippen molar-refractivity contribution in [2.24, 2.45) is 8.73 Å². The van der Waals surface area contributed by atoms with Gasteiger partial charge in [0, 0.05) is 0 Å². The van der Waals surface area contributed by atoms with Crippen LogP contribution in [0.25, 0.3) is 0 Å². The topological polar surface area (TPSA) is 79.6 Å². The molecule has 0 bridgehead atoms. The Balaban J connectivity index is 1.88. The van der Waals surface area contributed by atoms with Gasteiger partial charge in [-0.3, -0.25) is 4.79 Å². The number of amides is 1. The summed E-state index contributed by atoms with van der Waals surface area (Å²) in [5, 5.41) is 10.2. The van der Waals surface area contributed by atoms with Crippen LogP contribution in [0, 0.1) is 0 Å². The number of carbonyl (C=O) groups is 1. The summed E-state index contributed by atoms with van der Waals surface area (Å²) in [5.74, 6) is -0.361. The van der Waals surface area contributed by atoms with Gasteiger partial charge in [-0.2, -0.15) is 8.73 Å². The molecule has 0 radical (unpaired) electrons. The lowest BCUT2D eigenvalue weighted by Gasteiger charge is -2.05. The third-order valence-corrected chi connectivity index (χ3v) is 3.69. The number of rotatable bonds is 2. The van der Waals surface area contributed by atoms with Crippen molar-refractivity contribution in [3.05, 3.63) is 27.7 Å². The molecular weight excluding hydrogens is 294 g/mol. The van der Waals surface area contributed by atoms with Gasteiger partial charge in [0.25, 0.3) is 5.91 Å². The van der Waals surface area contributed by atoms with Gasteiger partial charge in [0.05, 0.1) is 17.0 Å². The zero-order valence-corrected chi connectivity index (χ0v) is 11.0. The maximum absolute atomic E-state index is 11.9. The number of hydrogen-bond donors (Lipinski definition) is 1. The first-order valence-electron chi connectivity index (χ1n) is 4.75. The van der Waals surface area contributed by atoms with Crippen LogP contribution in [0.2, 0.25) is 4.47 Å². The van der Waals surface area contributed by atoms with Gasteiger partial charge in [-0.25, -0.2) is 0 Å². The first-order chi connectivity index (χ1) is 8.74. The van der Waals surface area contributed by atoms with E-state index < -0.39 is 0 Å². The van der Waals surface area contributed by atoms with Gasteiger partial charge in [0.15, 0.2) is 0 Å². The minimum atomic E-state index is -0.361. The molecule has 0 fully saturated rings. The van der Waals surface area contributed by atoms with E-state index in [0.29, 0.717) is 11.4 Å². The molecule has 0 saturated heterocycles. The second kappa shape index (κ2) is 4.56. The van der Waals surface area contributed by atoms with E-state index in [1.165, 1.54) is 0 Å². The van der Waals surface area contributed by atoms with Gasteiger partial charge in [-0.1, -0.05) is 17.4 Å². The van der Waals surface area contributed by atoms with E-state index in [2.05, 4.69) is 24.2 Å². The van der Waals surface area contributed by atoms with Crippen molar-refractivity contribution in [3.8, 4) is 0 Å². The molecule has 9 heteroatoms. The van der Waals surface area contributed by atoms with Crippen molar-refractivity contribution in [2.45, 2.75) is 0 Å². The third kappa shape index (κ3) is 2.05. The lowest BCUT2D eigenvalue weighted by atomic mass is 10.2. The highest BCUT2D eigenvalue weighted by atomic mass is 35.5. The summed E-state index contributed by atoms with van der Waals surface area (Å²) in [7, 11) is 0. The zero-order valence-electron chi connectivity index (χ0n) is 8.62. The highest BCUT2D eigenvalue weighted by Crippen LogP contribution is 2.38. The minimum Gasteiger partial charge on any atom is -0.318 e. The van der Waals surface area contributed by atoms with Crippen LogP contribution in [0.3, 0.4) is 0 Å². The number of fused-ring (bicyclic) bond motifs is 1. The van der Waals surface area contributed by atoms with Crippen LogP contribution < -0.4 is 5.32 Å². The molecular formula is C9H4ClN5OS2. The summed E-state index contributed by atoms with van der Waals surface area (Å²) in [6.45, 7) is 0. The lowest BCUT2D eigenvalue weighted by Crippen LogP contribution is -2.11. The van der Waals surface area contributed by atoms with Gasteiger partial charge in [0.1, 0.15) is 11.4 Å². The number of aromatic nitrogens is 2. The summed E-state index contributed by atoms with van der Waals surface area (Å²) in [5.41, 5.74) is 2.00. The summed E-state index contributed by atoms with van der Waals surface area (Å²) >= 11 is 7.75. The van der Waals surface area contributed by atoms with E-state index in [1.807, 2.05) is 6.07 Å². The van der Waals surface area contributed by atoms with E-state index in [9.17, 15) is 4.79 Å². The van der Waals surface area contributed by atoms with Crippen molar-refractivity contribution in [1.29, 1.82) is 0 Å². The Hall–Kier alpha value is -1.64. The summed E-state index contributed by atoms with van der Waals surface area (Å²) in [6, 6.07) is 5.38. The fraction of sp³-hybridized carbons (Fsp3) is 0. The predicted octanol–water partition coefficient (Wildman–Crippen LogP) is 3.17. The largest absolute Gasteiger partial charge is 0.318 e. The number of benzene rings is 1. The number of carbonyl (C=O) groups excluding carboxylic acids is 1. The van der Waals surface area contributed by atoms with Crippen LogP contribution in [-0.4, -0.2) is 16.1 Å². The summed E-state index contributed by atoms with van der Waals surface area (Å²) in [6.07, 6.45) is 0. The number of nitrogens with zero attached hydrogens (tertiary/aromatic N) is 4. The molecule has 1 aliphatic rings. The Bertz CT molecular complexity index is 707. The van der Waals surface area contributed by atoms with Crippen LogP contribution in [0.15, 0.2) is 26.9 Å². The number of anilines is 1. The highest BCUT2D eigenvalue weighted by molar-refractivity contribution is 7.58. The third-order valence-electron chi connectivity index (χ3n) is 2.13. The summed E-state index contributed by atoms with van der Waals surface area (Å²) < 4.78 is 8.45. The molecule has 1 N–H and O–H groups in total. The van der Waals surface area contributed by atoms with Crippen molar-refractivity contribution >= 4 is 57.3 Å². The van der Waals surface area contributed by atoms with Gasteiger partial charge in [-0.05, 0) is 23.7 Å². The Morgan fingerprint density at radius 1 is 1.28 bits per heavy atom. The molecule has 2 heterocycles. The average molecular weight is 298 g/mol. The van der Waals surface area contributed by atoms with Gasteiger partial charge in [-0.15, -0.1) is 10.2 Å². The van der Waals surface area contributed by atoms with Crippen molar-refractivity contribution in [1.82, 2.24) is 10.2 Å². The monoisotopic (exact) mass is 297 g/mol. The first kappa shape index (κ1) is 11.5. The molecule has 1 amide bonds. The van der Waals surface area contributed by atoms with E-state index in [0.717, 1.165) is 28.4 Å². The Morgan fingerprint density at radius 2 is 2.17 bits per heavy atom. The Labute approximate surface area is 114 Å². The fourth-order valence-electron chi connectivity index (χ4n) is 1.38.